The number of nitrogens with zero attached hydrogens (tertiary/aromatic N) is 2. The average Bonchev–Trinajstić information content (AvgIpc) is 2.91. The zero-order valence-corrected chi connectivity index (χ0v) is 23.9. The number of aliphatic carboxylic acids is 2. The van der Waals surface area contributed by atoms with E-state index in [0.29, 0.717) is 17.4 Å². The number of hydrogen-bond donors (Lipinski definition) is 2. The van der Waals surface area contributed by atoms with Gasteiger partial charge in [0.05, 0.1) is 27.9 Å². The van der Waals surface area contributed by atoms with Gasteiger partial charge in [0.25, 0.3) is 0 Å². The number of hydrogen-bond acceptors (Lipinski definition) is 8. The molecule has 0 bridgehead atoms. The molecule has 0 amide bonds. The third-order valence-electron chi connectivity index (χ3n) is 6.49. The van der Waals surface area contributed by atoms with Gasteiger partial charge in [0.1, 0.15) is 5.75 Å². The summed E-state index contributed by atoms with van der Waals surface area (Å²) in [6.07, 6.45) is 1.04. The van der Waals surface area contributed by atoms with E-state index in [4.69, 9.17) is 38.7 Å². The molecule has 1 saturated heterocycles. The van der Waals surface area contributed by atoms with Crippen molar-refractivity contribution in [1.29, 1.82) is 0 Å². The molecule has 0 aromatic heterocycles. The lowest BCUT2D eigenvalue weighted by Gasteiger charge is -2.35. The van der Waals surface area contributed by atoms with E-state index in [2.05, 4.69) is 54.8 Å². The molecule has 216 valence electrons. The van der Waals surface area contributed by atoms with Crippen LogP contribution in [0.25, 0.3) is 0 Å². The first kappa shape index (κ1) is 31.7. The number of carboxylic acid groups (broad SMARTS) is 2. The van der Waals surface area contributed by atoms with Crippen molar-refractivity contribution in [2.24, 2.45) is 0 Å². The highest BCUT2D eigenvalue weighted by Crippen LogP contribution is 2.40. The van der Waals surface area contributed by atoms with E-state index in [1.54, 1.807) is 21.3 Å². The molecule has 3 rings (SSSR count). The lowest BCUT2D eigenvalue weighted by Crippen LogP contribution is -2.46. The Balaban J connectivity index is 0.000000798. The van der Waals surface area contributed by atoms with Crippen molar-refractivity contribution in [1.82, 2.24) is 9.80 Å². The van der Waals surface area contributed by atoms with Crippen LogP contribution in [-0.4, -0.2) is 92.6 Å². The molecule has 1 aliphatic heterocycles. The first-order valence-electron chi connectivity index (χ1n) is 13.0. The first-order valence-corrected chi connectivity index (χ1v) is 13.0. The van der Waals surface area contributed by atoms with E-state index in [0.717, 1.165) is 69.4 Å². The highest BCUT2D eigenvalue weighted by atomic mass is 16.5. The molecule has 1 fully saturated rings. The van der Waals surface area contributed by atoms with Crippen molar-refractivity contribution in [2.45, 2.75) is 39.7 Å². The number of ether oxygens (including phenoxy) is 4. The maximum atomic E-state index is 9.10. The number of aryl methyl sites for hydroxylation is 1. The fourth-order valence-electron chi connectivity index (χ4n) is 4.41. The van der Waals surface area contributed by atoms with E-state index in [1.807, 2.05) is 6.07 Å². The van der Waals surface area contributed by atoms with Crippen molar-refractivity contribution < 1.29 is 38.7 Å². The fraction of sp³-hybridized carbons (Fsp3) is 0.517. The number of benzene rings is 2. The summed E-state index contributed by atoms with van der Waals surface area (Å²) < 4.78 is 22.7. The van der Waals surface area contributed by atoms with Gasteiger partial charge in [-0.2, -0.15) is 0 Å². The molecular weight excluding hydrogens is 504 g/mol. The molecule has 0 unspecified atom stereocenters. The molecule has 10 heteroatoms. The Labute approximate surface area is 231 Å². The monoisotopic (exact) mass is 546 g/mol. The molecule has 0 spiro atoms. The topological polar surface area (TPSA) is 118 Å². The SMILES string of the molecule is COc1ccc(CN2CCN(CCCOc3cc(C)ccc3C(C)C)CC2)c(OC)c1OC.O=C(O)C(=O)O. The van der Waals surface area contributed by atoms with Crippen LogP contribution in [0.4, 0.5) is 0 Å². The molecule has 2 N–H and O–H groups in total. The zero-order valence-electron chi connectivity index (χ0n) is 23.9. The number of piperazine rings is 1. The van der Waals surface area contributed by atoms with Crippen LogP contribution in [0.5, 0.6) is 23.0 Å². The molecule has 1 heterocycles. The average molecular weight is 547 g/mol. The summed E-state index contributed by atoms with van der Waals surface area (Å²) >= 11 is 0. The summed E-state index contributed by atoms with van der Waals surface area (Å²) in [7, 11) is 4.97. The first-order chi connectivity index (χ1) is 18.6. The number of carbonyl (C=O) groups is 2. The van der Waals surface area contributed by atoms with Crippen molar-refractivity contribution in [3.8, 4) is 23.0 Å². The molecule has 2 aromatic rings. The maximum absolute atomic E-state index is 9.10. The third-order valence-corrected chi connectivity index (χ3v) is 6.49. The van der Waals surface area contributed by atoms with Crippen molar-refractivity contribution in [3.63, 3.8) is 0 Å². The lowest BCUT2D eigenvalue weighted by atomic mass is 10.0. The van der Waals surface area contributed by atoms with Crippen LogP contribution in [0.15, 0.2) is 30.3 Å². The summed E-state index contributed by atoms with van der Waals surface area (Å²) in [5.74, 6) is -0.0308. The largest absolute Gasteiger partial charge is 0.493 e. The van der Waals surface area contributed by atoms with Crippen LogP contribution >= 0.6 is 0 Å². The van der Waals surface area contributed by atoms with E-state index >= 15 is 0 Å². The number of methoxy groups -OCH3 is 3. The van der Waals surface area contributed by atoms with Gasteiger partial charge in [0.2, 0.25) is 5.75 Å². The quantitative estimate of drug-likeness (QED) is 0.317. The summed E-state index contributed by atoms with van der Waals surface area (Å²) in [6.45, 7) is 13.4. The maximum Gasteiger partial charge on any atom is 0.414 e. The van der Waals surface area contributed by atoms with E-state index in [-0.39, 0.29) is 0 Å². The minimum absolute atomic E-state index is 0.470. The van der Waals surface area contributed by atoms with Gasteiger partial charge < -0.3 is 34.1 Å². The van der Waals surface area contributed by atoms with Crippen LogP contribution in [0.1, 0.15) is 42.9 Å². The second-order valence-electron chi connectivity index (χ2n) is 9.62. The Morgan fingerprint density at radius 3 is 2.00 bits per heavy atom. The normalized spacial score (nSPS) is 13.8. The van der Waals surface area contributed by atoms with Gasteiger partial charge in [-0.05, 0) is 42.5 Å². The molecule has 0 aliphatic carbocycles. The second kappa shape index (κ2) is 15.8. The Bertz CT molecular complexity index is 1070. The summed E-state index contributed by atoms with van der Waals surface area (Å²) in [6, 6.07) is 10.5. The van der Waals surface area contributed by atoms with Gasteiger partial charge in [-0.25, -0.2) is 9.59 Å². The van der Waals surface area contributed by atoms with Crippen LogP contribution in [-0.2, 0) is 16.1 Å². The van der Waals surface area contributed by atoms with Crippen LogP contribution in [0.3, 0.4) is 0 Å². The standard InChI is InChI=1S/C27H40N2O4.C2H2O4/c1-20(2)23-10-8-21(3)18-25(23)33-17-7-12-28-13-15-29(16-14-28)19-22-9-11-24(30-4)27(32-6)26(22)31-5;3-1(4)2(5)6/h8-11,18,20H,7,12-17,19H2,1-6H3;(H,3,4)(H,5,6). The predicted octanol–water partition coefficient (Wildman–Crippen LogP) is 3.89. The Kier molecular flexibility index (Phi) is 12.9. The minimum atomic E-state index is -1.82. The van der Waals surface area contributed by atoms with Gasteiger partial charge in [0.15, 0.2) is 11.5 Å². The Morgan fingerprint density at radius 2 is 1.46 bits per heavy atom. The molecule has 1 aliphatic rings. The molecule has 10 nitrogen and oxygen atoms in total. The van der Waals surface area contributed by atoms with Gasteiger partial charge in [-0.15, -0.1) is 0 Å². The molecular formula is C29H42N2O8. The van der Waals surface area contributed by atoms with E-state index < -0.39 is 11.9 Å². The predicted molar refractivity (Wildman–Crippen MR) is 148 cm³/mol. The molecule has 0 atom stereocenters. The molecule has 0 saturated carbocycles. The van der Waals surface area contributed by atoms with Gasteiger partial charge in [-0.3, -0.25) is 4.90 Å². The molecule has 2 aromatic carbocycles. The summed E-state index contributed by atoms with van der Waals surface area (Å²) in [5, 5.41) is 14.8. The lowest BCUT2D eigenvalue weighted by molar-refractivity contribution is -0.159. The van der Waals surface area contributed by atoms with Crippen LogP contribution in [0, 0.1) is 6.92 Å². The van der Waals surface area contributed by atoms with Crippen LogP contribution < -0.4 is 18.9 Å². The zero-order chi connectivity index (χ0) is 28.9. The van der Waals surface area contributed by atoms with Crippen molar-refractivity contribution in [2.75, 3.05) is 60.7 Å². The second-order valence-corrected chi connectivity index (χ2v) is 9.62. The third kappa shape index (κ3) is 9.63. The highest BCUT2D eigenvalue weighted by molar-refractivity contribution is 6.27. The number of rotatable bonds is 11. The summed E-state index contributed by atoms with van der Waals surface area (Å²) in [4.78, 5) is 23.2. The van der Waals surface area contributed by atoms with E-state index in [1.165, 1.54) is 11.1 Å². The van der Waals surface area contributed by atoms with Gasteiger partial charge in [0, 0.05) is 44.8 Å². The minimum Gasteiger partial charge on any atom is -0.493 e. The van der Waals surface area contributed by atoms with E-state index in [9.17, 15) is 0 Å². The molecule has 0 radical (unpaired) electrons. The fourth-order valence-corrected chi connectivity index (χ4v) is 4.41. The van der Waals surface area contributed by atoms with Crippen LogP contribution in [0.2, 0.25) is 0 Å². The molecule has 39 heavy (non-hydrogen) atoms. The van der Waals surface area contributed by atoms with Crippen molar-refractivity contribution in [3.05, 3.63) is 47.0 Å². The van der Waals surface area contributed by atoms with Crippen molar-refractivity contribution >= 4 is 11.9 Å². The smallest absolute Gasteiger partial charge is 0.414 e. The van der Waals surface area contributed by atoms with Gasteiger partial charge in [-0.1, -0.05) is 32.0 Å². The number of carboxylic acids is 2. The Morgan fingerprint density at radius 1 is 0.846 bits per heavy atom. The Hall–Kier alpha value is -3.50. The highest BCUT2D eigenvalue weighted by Gasteiger charge is 2.21. The van der Waals surface area contributed by atoms with Gasteiger partial charge >= 0.3 is 11.9 Å². The summed E-state index contributed by atoms with van der Waals surface area (Å²) in [5.41, 5.74) is 3.66.